The fourth-order valence-corrected chi connectivity index (χ4v) is 2.36. The Labute approximate surface area is 95.5 Å². The molecule has 0 radical (unpaired) electrons. The molecule has 0 saturated carbocycles. The molecule has 1 aromatic rings. The van der Waals surface area contributed by atoms with E-state index in [0.717, 1.165) is 5.69 Å². The van der Waals surface area contributed by atoms with E-state index in [2.05, 4.69) is 10.3 Å². The van der Waals surface area contributed by atoms with Gasteiger partial charge < -0.3 is 11.1 Å². The van der Waals surface area contributed by atoms with Crippen LogP contribution in [0.4, 0.5) is 5.13 Å². The number of aromatic nitrogens is 1. The van der Waals surface area contributed by atoms with Gasteiger partial charge in [0.1, 0.15) is 0 Å². The number of carbonyl (C=O) groups excluding carboxylic acids is 2. The van der Waals surface area contributed by atoms with Crippen LogP contribution in [0.15, 0.2) is 5.38 Å². The lowest BCUT2D eigenvalue weighted by Crippen LogP contribution is -2.13. The smallest absolute Gasteiger partial charge is 0.227 e. The summed E-state index contributed by atoms with van der Waals surface area (Å²) in [6, 6.07) is 0. The maximum atomic E-state index is 10.7. The Morgan fingerprint density at radius 2 is 2.40 bits per heavy atom. The minimum atomic E-state index is -0.336. The number of thiazole rings is 1. The Bertz CT molecular complexity index is 365. The summed E-state index contributed by atoms with van der Waals surface area (Å²) < 4.78 is 0. The van der Waals surface area contributed by atoms with E-state index >= 15 is 0 Å². The molecule has 0 aliphatic carbocycles. The number of primary amides is 1. The fourth-order valence-electron chi connectivity index (χ4n) is 0.837. The van der Waals surface area contributed by atoms with Crippen LogP contribution in [0.1, 0.15) is 12.6 Å². The molecule has 7 heteroatoms. The van der Waals surface area contributed by atoms with E-state index < -0.39 is 0 Å². The Kier molecular flexibility index (Phi) is 4.57. The summed E-state index contributed by atoms with van der Waals surface area (Å²) in [7, 11) is 0. The van der Waals surface area contributed by atoms with Crippen LogP contribution in [0.25, 0.3) is 0 Å². The topological polar surface area (TPSA) is 85.1 Å². The van der Waals surface area contributed by atoms with Crippen LogP contribution in [0, 0.1) is 0 Å². The molecule has 2 amide bonds. The molecule has 0 aliphatic heterocycles. The third kappa shape index (κ3) is 4.80. The zero-order chi connectivity index (χ0) is 11.3. The fraction of sp³-hybridized carbons (Fsp3) is 0.375. The minimum absolute atomic E-state index is 0.138. The van der Waals surface area contributed by atoms with Gasteiger partial charge in [-0.15, -0.1) is 23.1 Å². The molecule has 0 bridgehead atoms. The van der Waals surface area contributed by atoms with Gasteiger partial charge in [0.2, 0.25) is 11.8 Å². The van der Waals surface area contributed by atoms with E-state index in [4.69, 9.17) is 5.73 Å². The highest BCUT2D eigenvalue weighted by Gasteiger charge is 2.04. The van der Waals surface area contributed by atoms with E-state index in [1.165, 1.54) is 30.0 Å². The summed E-state index contributed by atoms with van der Waals surface area (Å²) in [6.45, 7) is 1.43. The van der Waals surface area contributed by atoms with Crippen molar-refractivity contribution in [2.24, 2.45) is 5.73 Å². The first-order chi connectivity index (χ1) is 7.08. The number of hydrogen-bond donors (Lipinski definition) is 2. The highest BCUT2D eigenvalue weighted by molar-refractivity contribution is 7.99. The first-order valence-electron chi connectivity index (χ1n) is 4.16. The molecule has 1 heterocycles. The molecule has 0 unspecified atom stereocenters. The van der Waals surface area contributed by atoms with E-state index in [1.807, 2.05) is 5.38 Å². The number of rotatable bonds is 5. The first kappa shape index (κ1) is 12.0. The average Bonchev–Trinajstić information content (AvgIpc) is 2.50. The van der Waals surface area contributed by atoms with Gasteiger partial charge in [-0.05, 0) is 0 Å². The van der Waals surface area contributed by atoms with E-state index in [0.29, 0.717) is 10.9 Å². The highest BCUT2D eigenvalue weighted by atomic mass is 32.2. The van der Waals surface area contributed by atoms with Crippen molar-refractivity contribution in [3.05, 3.63) is 11.1 Å². The quantitative estimate of drug-likeness (QED) is 0.804. The van der Waals surface area contributed by atoms with Crippen LogP contribution in [-0.2, 0) is 15.3 Å². The van der Waals surface area contributed by atoms with Gasteiger partial charge in [0.25, 0.3) is 0 Å². The van der Waals surface area contributed by atoms with Crippen LogP contribution in [0.2, 0.25) is 0 Å². The Balaban J connectivity index is 2.39. The van der Waals surface area contributed by atoms with Crippen molar-refractivity contribution < 1.29 is 9.59 Å². The number of nitrogens with one attached hydrogen (secondary N) is 1. The molecule has 82 valence electrons. The van der Waals surface area contributed by atoms with Crippen molar-refractivity contribution in [3.8, 4) is 0 Å². The summed E-state index contributed by atoms with van der Waals surface area (Å²) in [5.41, 5.74) is 5.84. The summed E-state index contributed by atoms with van der Waals surface area (Å²) in [5, 5.41) is 5.02. The van der Waals surface area contributed by atoms with Gasteiger partial charge in [0.15, 0.2) is 5.13 Å². The molecule has 0 aromatic carbocycles. The SMILES string of the molecule is CC(=O)Nc1nc(CSCC(N)=O)cs1. The van der Waals surface area contributed by atoms with Crippen molar-refractivity contribution in [3.63, 3.8) is 0 Å². The second-order valence-corrected chi connectivity index (χ2v) is 4.63. The van der Waals surface area contributed by atoms with Gasteiger partial charge in [-0.3, -0.25) is 9.59 Å². The number of nitrogens with zero attached hydrogens (tertiary/aromatic N) is 1. The van der Waals surface area contributed by atoms with Gasteiger partial charge >= 0.3 is 0 Å². The normalized spacial score (nSPS) is 9.93. The van der Waals surface area contributed by atoms with E-state index in [9.17, 15) is 9.59 Å². The first-order valence-corrected chi connectivity index (χ1v) is 6.19. The van der Waals surface area contributed by atoms with E-state index in [1.54, 1.807) is 0 Å². The number of thioether (sulfide) groups is 1. The number of amides is 2. The summed E-state index contributed by atoms with van der Waals surface area (Å²) in [6.07, 6.45) is 0. The van der Waals surface area contributed by atoms with Crippen LogP contribution >= 0.6 is 23.1 Å². The average molecular weight is 245 g/mol. The lowest BCUT2D eigenvalue weighted by molar-refractivity contribution is -0.116. The van der Waals surface area contributed by atoms with Crippen molar-refractivity contribution in [1.82, 2.24) is 4.98 Å². The van der Waals surface area contributed by atoms with Gasteiger partial charge in [0.05, 0.1) is 11.4 Å². The van der Waals surface area contributed by atoms with Crippen LogP contribution in [-0.4, -0.2) is 22.6 Å². The van der Waals surface area contributed by atoms with Gasteiger partial charge in [0, 0.05) is 18.1 Å². The number of nitrogens with two attached hydrogens (primary N) is 1. The number of anilines is 1. The highest BCUT2D eigenvalue weighted by Crippen LogP contribution is 2.19. The second-order valence-electron chi connectivity index (χ2n) is 2.78. The molecular weight excluding hydrogens is 234 g/mol. The second kappa shape index (κ2) is 5.72. The lowest BCUT2D eigenvalue weighted by atomic mass is 10.6. The summed E-state index contributed by atoms with van der Waals surface area (Å²) in [5.74, 6) is 0.435. The third-order valence-corrected chi connectivity index (χ3v) is 3.12. The molecule has 0 aliphatic rings. The van der Waals surface area contributed by atoms with Gasteiger partial charge in [-0.2, -0.15) is 0 Å². The molecule has 15 heavy (non-hydrogen) atoms. The van der Waals surface area contributed by atoms with Crippen LogP contribution < -0.4 is 11.1 Å². The molecule has 0 spiro atoms. The van der Waals surface area contributed by atoms with E-state index in [-0.39, 0.29) is 17.6 Å². The van der Waals surface area contributed by atoms with Crippen molar-refractivity contribution in [2.75, 3.05) is 11.1 Å². The van der Waals surface area contributed by atoms with Gasteiger partial charge in [-0.25, -0.2) is 4.98 Å². The Hall–Kier alpha value is -1.08. The molecule has 0 fully saturated rings. The van der Waals surface area contributed by atoms with Gasteiger partial charge in [-0.1, -0.05) is 0 Å². The van der Waals surface area contributed by atoms with Crippen LogP contribution in [0.3, 0.4) is 0 Å². The lowest BCUT2D eigenvalue weighted by Gasteiger charge is -1.95. The zero-order valence-corrected chi connectivity index (χ0v) is 9.78. The number of carbonyl (C=O) groups is 2. The Morgan fingerprint density at radius 1 is 1.67 bits per heavy atom. The van der Waals surface area contributed by atoms with Crippen molar-refractivity contribution >= 4 is 40.0 Å². The molecule has 0 atom stereocenters. The minimum Gasteiger partial charge on any atom is -0.369 e. The maximum absolute atomic E-state index is 10.7. The summed E-state index contributed by atoms with van der Waals surface area (Å²) >= 11 is 2.77. The molecule has 3 N–H and O–H groups in total. The van der Waals surface area contributed by atoms with Crippen molar-refractivity contribution in [2.45, 2.75) is 12.7 Å². The molecule has 1 aromatic heterocycles. The number of hydrogen-bond acceptors (Lipinski definition) is 5. The predicted molar refractivity (Wildman–Crippen MR) is 61.8 cm³/mol. The third-order valence-electron chi connectivity index (χ3n) is 1.33. The molecular formula is C8H11N3O2S2. The largest absolute Gasteiger partial charge is 0.369 e. The monoisotopic (exact) mass is 245 g/mol. The molecule has 0 saturated heterocycles. The maximum Gasteiger partial charge on any atom is 0.227 e. The van der Waals surface area contributed by atoms with Crippen molar-refractivity contribution in [1.29, 1.82) is 0 Å². The molecule has 5 nitrogen and oxygen atoms in total. The summed E-state index contributed by atoms with van der Waals surface area (Å²) in [4.78, 5) is 25.3. The standard InChI is InChI=1S/C8H11N3O2S2/c1-5(12)10-8-11-6(3-15-8)2-14-4-7(9)13/h3H,2,4H2,1H3,(H2,9,13)(H,10,11,12). The van der Waals surface area contributed by atoms with Crippen LogP contribution in [0.5, 0.6) is 0 Å². The predicted octanol–water partition coefficient (Wildman–Crippen LogP) is 0.820. The Morgan fingerprint density at radius 3 is 3.00 bits per heavy atom. The zero-order valence-electron chi connectivity index (χ0n) is 8.15. The molecule has 1 rings (SSSR count).